The molecule has 4 rings (SSSR count). The number of nitrogens with zero attached hydrogens (tertiary/aromatic N) is 3. The van der Waals surface area contributed by atoms with Crippen LogP contribution < -0.4 is 0 Å². The zero-order valence-electron chi connectivity index (χ0n) is 16.2. The summed E-state index contributed by atoms with van der Waals surface area (Å²) >= 11 is 0. The first kappa shape index (κ1) is 18.2. The summed E-state index contributed by atoms with van der Waals surface area (Å²) in [6.07, 6.45) is 9.01. The highest BCUT2D eigenvalue weighted by Gasteiger charge is 2.66. The summed E-state index contributed by atoms with van der Waals surface area (Å²) in [4.78, 5) is 29.9. The van der Waals surface area contributed by atoms with Gasteiger partial charge >= 0.3 is 0 Å². The summed E-state index contributed by atoms with van der Waals surface area (Å²) in [6.45, 7) is 6.20. The number of rotatable bonds is 7. The second kappa shape index (κ2) is 6.78. The lowest BCUT2D eigenvalue weighted by atomic mass is 9.76. The molecule has 0 radical (unpaired) electrons. The van der Waals surface area contributed by atoms with Gasteiger partial charge in [0.25, 0.3) is 0 Å². The lowest BCUT2D eigenvalue weighted by Gasteiger charge is -2.27. The number of carbonyl (C=O) groups excluding carboxylic acids is 2. The quantitative estimate of drug-likeness (QED) is 0.731. The Balaban J connectivity index is 1.46. The molecular formula is C20H28N4O3. The van der Waals surface area contributed by atoms with E-state index >= 15 is 0 Å². The highest BCUT2D eigenvalue weighted by molar-refractivity contribution is 5.93. The van der Waals surface area contributed by atoms with Gasteiger partial charge in [-0.2, -0.15) is 5.10 Å². The first-order valence-electron chi connectivity index (χ1n) is 9.80. The summed E-state index contributed by atoms with van der Waals surface area (Å²) in [7, 11) is 1.81. The Morgan fingerprint density at radius 1 is 1.52 bits per heavy atom. The van der Waals surface area contributed by atoms with Crippen molar-refractivity contribution in [3.8, 4) is 0 Å². The molecule has 7 nitrogen and oxygen atoms in total. The third-order valence-corrected chi connectivity index (χ3v) is 6.11. The lowest BCUT2D eigenvalue weighted by Crippen LogP contribution is -2.45. The first-order valence-corrected chi connectivity index (χ1v) is 9.80. The van der Waals surface area contributed by atoms with Crippen LogP contribution in [0.4, 0.5) is 0 Å². The van der Waals surface area contributed by atoms with E-state index in [1.807, 2.05) is 23.2 Å². The van der Waals surface area contributed by atoms with E-state index in [1.165, 1.54) is 0 Å². The Morgan fingerprint density at radius 2 is 2.33 bits per heavy atom. The maximum absolute atomic E-state index is 13.2. The highest BCUT2D eigenvalue weighted by atomic mass is 16.5. The number of ether oxygens (including phenoxy) is 1. The maximum Gasteiger partial charge on any atom is 0.230 e. The molecule has 2 fully saturated rings. The van der Waals surface area contributed by atoms with E-state index in [9.17, 15) is 9.59 Å². The van der Waals surface area contributed by atoms with Crippen LogP contribution in [-0.2, 0) is 20.7 Å². The van der Waals surface area contributed by atoms with E-state index in [-0.39, 0.29) is 23.8 Å². The molecule has 7 heteroatoms. The Morgan fingerprint density at radius 3 is 3.04 bits per heavy atom. The molecule has 0 unspecified atom stereocenters. The largest absolute Gasteiger partial charge is 0.360 e. The van der Waals surface area contributed by atoms with Gasteiger partial charge in [0, 0.05) is 26.3 Å². The fourth-order valence-corrected chi connectivity index (χ4v) is 4.54. The van der Waals surface area contributed by atoms with Crippen molar-refractivity contribution in [1.82, 2.24) is 20.0 Å². The molecule has 2 saturated heterocycles. The minimum Gasteiger partial charge on any atom is -0.360 e. The Labute approximate surface area is 159 Å². The number of carbonyl (C=O) groups is 2. The molecule has 1 aromatic rings. The third kappa shape index (κ3) is 3.08. The zero-order chi connectivity index (χ0) is 19.2. The Hall–Kier alpha value is -2.15. The monoisotopic (exact) mass is 372 g/mol. The molecule has 1 spiro atoms. The number of nitrogens with one attached hydrogen (secondary N) is 1. The van der Waals surface area contributed by atoms with Crippen LogP contribution in [0.2, 0.25) is 0 Å². The van der Waals surface area contributed by atoms with Crippen molar-refractivity contribution >= 4 is 11.8 Å². The van der Waals surface area contributed by atoms with Gasteiger partial charge in [0.2, 0.25) is 11.8 Å². The van der Waals surface area contributed by atoms with Gasteiger partial charge < -0.3 is 14.5 Å². The molecule has 0 aliphatic carbocycles. The molecule has 0 aromatic carbocycles. The molecular weight excluding hydrogens is 344 g/mol. The van der Waals surface area contributed by atoms with Crippen LogP contribution in [0.3, 0.4) is 0 Å². The van der Waals surface area contributed by atoms with Crippen LogP contribution >= 0.6 is 0 Å². The van der Waals surface area contributed by atoms with Crippen molar-refractivity contribution in [2.75, 3.05) is 26.7 Å². The molecule has 4 heterocycles. The number of likely N-dealkylation sites (N-methyl/N-ethyl adjacent to an activating group) is 1. The van der Waals surface area contributed by atoms with E-state index in [2.05, 4.69) is 24.0 Å². The van der Waals surface area contributed by atoms with Crippen LogP contribution in [-0.4, -0.2) is 70.2 Å². The van der Waals surface area contributed by atoms with Crippen LogP contribution in [0.25, 0.3) is 0 Å². The van der Waals surface area contributed by atoms with Gasteiger partial charge in [-0.15, -0.1) is 0 Å². The van der Waals surface area contributed by atoms with E-state index in [1.54, 1.807) is 18.1 Å². The van der Waals surface area contributed by atoms with Crippen LogP contribution in [0.15, 0.2) is 24.5 Å². The summed E-state index contributed by atoms with van der Waals surface area (Å²) in [5.41, 5.74) is 0.455. The number of H-pyrrole nitrogens is 1. The summed E-state index contributed by atoms with van der Waals surface area (Å²) < 4.78 is 6.19. The maximum atomic E-state index is 13.2. The Kier molecular flexibility index (Phi) is 4.58. The molecule has 27 heavy (non-hydrogen) atoms. The van der Waals surface area contributed by atoms with Crippen molar-refractivity contribution in [2.24, 2.45) is 17.8 Å². The van der Waals surface area contributed by atoms with Crippen molar-refractivity contribution < 1.29 is 14.3 Å². The number of aromatic nitrogens is 2. The molecule has 2 amide bonds. The molecule has 4 atom stereocenters. The highest BCUT2D eigenvalue weighted by Crippen LogP contribution is 2.52. The van der Waals surface area contributed by atoms with E-state index in [0.29, 0.717) is 19.0 Å². The summed E-state index contributed by atoms with van der Waals surface area (Å²) in [5.74, 6) is -0.192. The number of likely N-dealkylation sites (tertiary alicyclic amines) is 1. The normalized spacial score (nSPS) is 31.2. The number of hydrogen-bond acceptors (Lipinski definition) is 4. The minimum absolute atomic E-state index is 0.00113. The number of hydrogen-bond donors (Lipinski definition) is 1. The van der Waals surface area contributed by atoms with Gasteiger partial charge in [-0.05, 0) is 24.3 Å². The van der Waals surface area contributed by atoms with E-state index < -0.39 is 11.5 Å². The average molecular weight is 372 g/mol. The Bertz CT molecular complexity index is 744. The van der Waals surface area contributed by atoms with Gasteiger partial charge in [-0.3, -0.25) is 14.7 Å². The van der Waals surface area contributed by atoms with Gasteiger partial charge in [0.15, 0.2) is 0 Å². The van der Waals surface area contributed by atoms with Gasteiger partial charge in [-0.25, -0.2) is 0 Å². The molecule has 3 aliphatic rings. The zero-order valence-corrected chi connectivity index (χ0v) is 16.2. The molecule has 2 bridgehead atoms. The predicted octanol–water partition coefficient (Wildman–Crippen LogP) is 1.24. The van der Waals surface area contributed by atoms with Crippen LogP contribution in [0.5, 0.6) is 0 Å². The fraction of sp³-hybridized carbons (Fsp3) is 0.650. The number of aromatic amines is 1. The van der Waals surface area contributed by atoms with Crippen molar-refractivity contribution in [1.29, 1.82) is 0 Å². The number of amides is 2. The SMILES string of the molecule is CC(C)CCN1C[C@]23C=C[C@H](O2)[C@@H](C(=O)N(C)CCc2cn[nH]c2)[C@@H]3C1=O. The fourth-order valence-electron chi connectivity index (χ4n) is 4.54. The van der Waals surface area contributed by atoms with E-state index in [4.69, 9.17) is 4.74 Å². The van der Waals surface area contributed by atoms with Crippen molar-refractivity contribution in [3.05, 3.63) is 30.1 Å². The minimum atomic E-state index is -0.607. The standard InChI is InChI=1S/C20H28N4O3/c1-13(2)5-9-24-12-20-7-4-15(27-20)16(17(20)19(24)26)18(25)23(3)8-6-14-10-21-22-11-14/h4,7,10-11,13,15-17H,5-6,8-9,12H2,1-3H3,(H,21,22)/t15-,16+,17+,20-/m0/s1. The van der Waals surface area contributed by atoms with Gasteiger partial charge in [0.1, 0.15) is 5.60 Å². The van der Waals surface area contributed by atoms with Crippen LogP contribution in [0, 0.1) is 17.8 Å². The molecule has 146 valence electrons. The smallest absolute Gasteiger partial charge is 0.230 e. The van der Waals surface area contributed by atoms with Gasteiger partial charge in [-0.1, -0.05) is 26.0 Å². The molecule has 0 saturated carbocycles. The number of fused-ring (bicyclic) bond motifs is 1. The molecule has 1 N–H and O–H groups in total. The molecule has 1 aromatic heterocycles. The third-order valence-electron chi connectivity index (χ3n) is 6.11. The summed E-state index contributed by atoms with van der Waals surface area (Å²) in [5, 5.41) is 6.72. The second-order valence-electron chi connectivity index (χ2n) is 8.46. The predicted molar refractivity (Wildman–Crippen MR) is 99.7 cm³/mol. The van der Waals surface area contributed by atoms with E-state index in [0.717, 1.165) is 24.9 Å². The lowest BCUT2D eigenvalue weighted by molar-refractivity contribution is -0.142. The topological polar surface area (TPSA) is 78.5 Å². The van der Waals surface area contributed by atoms with Crippen molar-refractivity contribution in [3.63, 3.8) is 0 Å². The van der Waals surface area contributed by atoms with Crippen molar-refractivity contribution in [2.45, 2.75) is 38.4 Å². The average Bonchev–Trinajstić information content (AvgIpc) is 3.39. The second-order valence-corrected chi connectivity index (χ2v) is 8.46. The molecule has 3 aliphatic heterocycles. The first-order chi connectivity index (χ1) is 12.9. The van der Waals surface area contributed by atoms with Gasteiger partial charge in [0.05, 0.1) is 30.7 Å². The van der Waals surface area contributed by atoms with Crippen LogP contribution in [0.1, 0.15) is 25.8 Å². The summed E-state index contributed by atoms with van der Waals surface area (Å²) in [6, 6.07) is 0.